The number of aliphatic hydroxyl groups excluding tert-OH is 1. The van der Waals surface area contributed by atoms with Crippen LogP contribution in [0.5, 0.6) is 0 Å². The molecule has 1 amide bonds. The summed E-state index contributed by atoms with van der Waals surface area (Å²) in [6.07, 6.45) is 0.487. The Labute approximate surface area is 210 Å². The second-order valence-electron chi connectivity index (χ2n) is 8.01. The highest BCUT2D eigenvalue weighted by molar-refractivity contribution is 7.83. The van der Waals surface area contributed by atoms with E-state index in [-0.39, 0.29) is 18.9 Å². The van der Waals surface area contributed by atoms with E-state index in [1.807, 2.05) is 61.5 Å². The lowest BCUT2D eigenvalue weighted by atomic mass is 10.1. The third-order valence-electron chi connectivity index (χ3n) is 4.96. The number of carbonyl (C=O) groups is 1. The summed E-state index contributed by atoms with van der Waals surface area (Å²) in [6, 6.07) is 25.1. The van der Waals surface area contributed by atoms with Crippen molar-refractivity contribution in [2.45, 2.75) is 44.1 Å². The number of hydrogen-bond acceptors (Lipinski definition) is 3. The largest absolute Gasteiger partial charge is 0.392 e. The second-order valence-corrected chi connectivity index (χ2v) is 9.74. The molecule has 0 aliphatic heterocycles. The van der Waals surface area contributed by atoms with Crippen LogP contribution in [0.2, 0.25) is 5.02 Å². The van der Waals surface area contributed by atoms with Gasteiger partial charge in [0, 0.05) is 24.5 Å². The fraction of sp³-hybridized carbons (Fsp3) is 0.296. The first-order valence-corrected chi connectivity index (χ1v) is 12.8. The molecular weight excluding hydrogens is 468 g/mol. The molecule has 0 spiro atoms. The lowest BCUT2D eigenvalue weighted by molar-refractivity contribution is -0.121. The number of rotatable bonds is 10. The van der Waals surface area contributed by atoms with Gasteiger partial charge in [0.1, 0.15) is 11.0 Å². The third-order valence-corrected chi connectivity index (χ3v) is 6.32. The average molecular weight is 501 g/mol. The Morgan fingerprint density at radius 2 is 1.65 bits per heavy atom. The molecule has 3 aromatic carbocycles. The van der Waals surface area contributed by atoms with Gasteiger partial charge in [-0.15, -0.1) is 0 Å². The van der Waals surface area contributed by atoms with Gasteiger partial charge in [0.05, 0.1) is 11.0 Å². The Balaban J connectivity index is 0.000000497. The van der Waals surface area contributed by atoms with Crippen molar-refractivity contribution in [3.05, 3.63) is 101 Å². The number of aryl methyl sites for hydroxylation is 2. The molecular formula is C27H33ClN2O3S. The molecule has 3 aromatic rings. The summed E-state index contributed by atoms with van der Waals surface area (Å²) >= 11 is 5.93. The molecule has 2 unspecified atom stereocenters. The normalized spacial score (nSPS) is 12.2. The predicted molar refractivity (Wildman–Crippen MR) is 140 cm³/mol. The zero-order valence-corrected chi connectivity index (χ0v) is 21.2. The van der Waals surface area contributed by atoms with Crippen LogP contribution in [0.25, 0.3) is 0 Å². The van der Waals surface area contributed by atoms with Crippen LogP contribution in [0.3, 0.4) is 0 Å². The van der Waals surface area contributed by atoms with Crippen LogP contribution in [0.15, 0.2) is 83.8 Å². The Morgan fingerprint density at radius 3 is 2.26 bits per heavy atom. The molecule has 7 heteroatoms. The highest BCUT2D eigenvalue weighted by Gasteiger charge is 2.10. The van der Waals surface area contributed by atoms with Crippen LogP contribution in [0, 0.1) is 13.8 Å². The van der Waals surface area contributed by atoms with Gasteiger partial charge in [-0.1, -0.05) is 77.3 Å². The molecule has 182 valence electrons. The van der Waals surface area contributed by atoms with E-state index in [1.54, 1.807) is 12.1 Å². The molecule has 0 heterocycles. The van der Waals surface area contributed by atoms with E-state index >= 15 is 0 Å². The van der Waals surface area contributed by atoms with Crippen molar-refractivity contribution in [1.82, 2.24) is 10.0 Å². The van der Waals surface area contributed by atoms with Gasteiger partial charge < -0.3 is 10.4 Å². The maximum atomic E-state index is 12.1. The summed E-state index contributed by atoms with van der Waals surface area (Å²) in [5, 5.41) is 13.5. The summed E-state index contributed by atoms with van der Waals surface area (Å²) in [5.74, 6) is -0.115. The summed E-state index contributed by atoms with van der Waals surface area (Å²) < 4.78 is 14.9. The van der Waals surface area contributed by atoms with Crippen LogP contribution < -0.4 is 10.0 Å². The van der Waals surface area contributed by atoms with Gasteiger partial charge in [0.2, 0.25) is 5.91 Å². The molecule has 0 aromatic heterocycles. The van der Waals surface area contributed by atoms with Crippen LogP contribution in [-0.2, 0) is 22.2 Å². The average Bonchev–Trinajstić information content (AvgIpc) is 2.82. The van der Waals surface area contributed by atoms with Crippen molar-refractivity contribution < 1.29 is 14.1 Å². The highest BCUT2D eigenvalue weighted by Crippen LogP contribution is 2.11. The summed E-state index contributed by atoms with van der Waals surface area (Å²) in [4.78, 5) is 12.5. The van der Waals surface area contributed by atoms with Gasteiger partial charge in [-0.3, -0.25) is 4.79 Å². The number of amides is 1. The van der Waals surface area contributed by atoms with E-state index in [2.05, 4.69) is 29.1 Å². The minimum atomic E-state index is -1.38. The first-order valence-electron chi connectivity index (χ1n) is 11.3. The SMILES string of the molecule is Cc1ccc(S(=O)NCC(O)CCC(=O)NCCc2cccc(Cl)c2)cc1.Cc1ccccc1. The van der Waals surface area contributed by atoms with E-state index in [9.17, 15) is 14.1 Å². The molecule has 0 aliphatic carbocycles. The molecule has 0 bridgehead atoms. The Hall–Kier alpha value is -2.51. The van der Waals surface area contributed by atoms with Crippen molar-refractivity contribution in [2.75, 3.05) is 13.1 Å². The molecule has 3 N–H and O–H groups in total. The molecule has 5 nitrogen and oxygen atoms in total. The highest BCUT2D eigenvalue weighted by atomic mass is 35.5. The number of hydrogen-bond donors (Lipinski definition) is 3. The molecule has 0 saturated heterocycles. The van der Waals surface area contributed by atoms with Crippen LogP contribution in [0.4, 0.5) is 0 Å². The maximum absolute atomic E-state index is 12.1. The Morgan fingerprint density at radius 1 is 0.971 bits per heavy atom. The van der Waals surface area contributed by atoms with Crippen LogP contribution in [-0.4, -0.2) is 34.4 Å². The quantitative estimate of drug-likeness (QED) is 0.375. The van der Waals surface area contributed by atoms with Crippen molar-refractivity contribution in [1.29, 1.82) is 0 Å². The molecule has 0 aliphatic rings. The molecule has 0 fully saturated rings. The van der Waals surface area contributed by atoms with Crippen molar-refractivity contribution in [2.24, 2.45) is 0 Å². The predicted octanol–water partition coefficient (Wildman–Crippen LogP) is 4.76. The van der Waals surface area contributed by atoms with Gasteiger partial charge in [-0.05, 0) is 56.5 Å². The lowest BCUT2D eigenvalue weighted by Gasteiger charge is -2.12. The zero-order valence-electron chi connectivity index (χ0n) is 19.7. The van der Waals surface area contributed by atoms with Crippen LogP contribution >= 0.6 is 11.6 Å². The van der Waals surface area contributed by atoms with Crippen LogP contribution in [0.1, 0.15) is 29.5 Å². The van der Waals surface area contributed by atoms with Gasteiger partial charge in [-0.25, -0.2) is 8.93 Å². The minimum Gasteiger partial charge on any atom is -0.392 e. The fourth-order valence-corrected chi connectivity index (χ4v) is 4.08. The number of benzene rings is 3. The van der Waals surface area contributed by atoms with E-state index in [1.165, 1.54) is 5.56 Å². The Bertz CT molecular complexity index is 1030. The second kappa shape index (κ2) is 15.4. The Kier molecular flexibility index (Phi) is 12.6. The fourth-order valence-electron chi connectivity index (χ4n) is 2.98. The molecule has 0 radical (unpaired) electrons. The minimum absolute atomic E-state index is 0.115. The van der Waals surface area contributed by atoms with E-state index in [4.69, 9.17) is 11.6 Å². The number of carbonyl (C=O) groups excluding carboxylic acids is 1. The third kappa shape index (κ3) is 11.6. The van der Waals surface area contributed by atoms with Gasteiger partial charge in [0.15, 0.2) is 0 Å². The first-order chi connectivity index (χ1) is 16.3. The summed E-state index contributed by atoms with van der Waals surface area (Å²) in [7, 11) is -1.38. The molecule has 34 heavy (non-hydrogen) atoms. The van der Waals surface area contributed by atoms with E-state index in [0.29, 0.717) is 29.3 Å². The van der Waals surface area contributed by atoms with Crippen molar-refractivity contribution >= 4 is 28.5 Å². The van der Waals surface area contributed by atoms with Gasteiger partial charge in [0.25, 0.3) is 0 Å². The monoisotopic (exact) mass is 500 g/mol. The lowest BCUT2D eigenvalue weighted by Crippen LogP contribution is -2.31. The topological polar surface area (TPSA) is 78.4 Å². The number of halogens is 1. The number of aliphatic hydroxyl groups is 1. The first kappa shape index (κ1) is 27.7. The standard InChI is InChI=1S/C20H25ClN2O3S.C7H8/c1-15-5-8-19(9-6-15)27(26)23-14-18(24)7-10-20(25)22-12-11-16-3-2-4-17(21)13-16;1-7-5-3-2-4-6-7/h2-6,8-9,13,18,23-24H,7,10-12,14H2,1H3,(H,22,25);2-6H,1H3. The zero-order chi connectivity index (χ0) is 24.8. The maximum Gasteiger partial charge on any atom is 0.220 e. The van der Waals surface area contributed by atoms with Gasteiger partial charge in [-0.2, -0.15) is 0 Å². The van der Waals surface area contributed by atoms with E-state index < -0.39 is 17.1 Å². The molecule has 2 atom stereocenters. The van der Waals surface area contributed by atoms with Gasteiger partial charge >= 0.3 is 0 Å². The van der Waals surface area contributed by atoms with E-state index in [0.717, 1.165) is 11.1 Å². The smallest absolute Gasteiger partial charge is 0.220 e. The van der Waals surface area contributed by atoms with Crippen molar-refractivity contribution in [3.8, 4) is 0 Å². The summed E-state index contributed by atoms with van der Waals surface area (Å²) in [6.45, 7) is 4.73. The molecule has 0 saturated carbocycles. The molecule has 3 rings (SSSR count). The number of nitrogens with one attached hydrogen (secondary N) is 2. The van der Waals surface area contributed by atoms with Crippen molar-refractivity contribution in [3.63, 3.8) is 0 Å². The summed E-state index contributed by atoms with van der Waals surface area (Å²) in [5.41, 5.74) is 3.48.